The van der Waals surface area contributed by atoms with Gasteiger partial charge in [-0.05, 0) is 271 Å². The smallest absolute Gasteiger partial charge is 0.162 e. The van der Waals surface area contributed by atoms with Crippen LogP contribution in [0.3, 0.4) is 0 Å². The predicted octanol–water partition coefficient (Wildman–Crippen LogP) is 27.9. The lowest BCUT2D eigenvalue weighted by Crippen LogP contribution is -2.29. The summed E-state index contributed by atoms with van der Waals surface area (Å²) in [6.07, 6.45) is 15.1. The topological polar surface area (TPSA) is 119 Å². The Morgan fingerprint density at radius 1 is 0.287 bits per heavy atom. The molecule has 4 aliphatic heterocycles. The summed E-state index contributed by atoms with van der Waals surface area (Å²) in [6, 6.07) is 113. The van der Waals surface area contributed by atoms with E-state index in [1.807, 2.05) is 48.5 Å². The van der Waals surface area contributed by atoms with Gasteiger partial charge in [-0.25, -0.2) is 9.97 Å². The number of piperidine rings is 4. The average Bonchev–Trinajstić information content (AvgIpc) is 1.57. The molecule has 19 aromatic rings. The van der Waals surface area contributed by atoms with Gasteiger partial charge in [0, 0.05) is 150 Å². The second-order valence-corrected chi connectivity index (χ2v) is 36.9. The molecule has 13 nitrogen and oxygen atoms in total. The van der Waals surface area contributed by atoms with Gasteiger partial charge in [0.15, 0.2) is 11.6 Å². The van der Waals surface area contributed by atoms with Gasteiger partial charge in [0.1, 0.15) is 10.0 Å². The van der Waals surface area contributed by atoms with E-state index in [-0.39, 0.29) is 20.0 Å². The number of nitrogen functional groups attached to an aromatic ring is 1. The van der Waals surface area contributed by atoms with E-state index in [4.69, 9.17) is 15.7 Å². The van der Waals surface area contributed by atoms with Crippen LogP contribution in [0.1, 0.15) is 112 Å². The molecule has 0 amide bonds. The maximum atomic E-state index is 13.5. The number of hydrogen-bond acceptors (Lipinski definition) is 12. The van der Waals surface area contributed by atoms with Crippen molar-refractivity contribution >= 4 is 148 Å². The minimum absolute atomic E-state index is 0. The Bertz CT molecular complexity index is 6800. The fourth-order valence-electron chi connectivity index (χ4n) is 20.1. The molecule has 17 heteroatoms. The Morgan fingerprint density at radius 3 is 0.822 bits per heavy atom. The first-order chi connectivity index (χ1) is 63.0. The number of nitrogens with two attached hydrogens (primary N) is 1. The zero-order chi connectivity index (χ0) is 86.3. The number of ketones is 2. The number of hydrogen-bond donors (Lipinski definition) is 2. The van der Waals surface area contributed by atoms with Crippen LogP contribution in [0.2, 0.25) is 0 Å². The van der Waals surface area contributed by atoms with E-state index in [9.17, 15) is 9.59 Å². The Kier molecular flexibility index (Phi) is 23.8. The molecule has 129 heavy (non-hydrogen) atoms. The van der Waals surface area contributed by atoms with Crippen LogP contribution in [0, 0.1) is 0 Å². The molecule has 0 aliphatic carbocycles. The normalized spacial score (nSPS) is 14.3. The number of thiol groups is 1. The highest BCUT2D eigenvalue weighted by Gasteiger charge is 2.31. The molecule has 0 unspecified atom stereocenters. The summed E-state index contributed by atoms with van der Waals surface area (Å²) in [7, 11) is 0. The molecular formula is C112H101BN11O2S3. The van der Waals surface area contributed by atoms with Gasteiger partial charge in [0.2, 0.25) is 0 Å². The van der Waals surface area contributed by atoms with Crippen molar-refractivity contribution in [1.82, 2.24) is 28.2 Å². The molecule has 0 spiro atoms. The molecule has 4 aliphatic rings. The zero-order valence-corrected chi connectivity index (χ0v) is 75.4. The monoisotopic (exact) mass is 1740 g/mol. The lowest BCUT2D eigenvalue weighted by atomic mass is 10.0. The molecule has 23 rings (SSSR count). The van der Waals surface area contributed by atoms with Crippen LogP contribution in [0.25, 0.3) is 153 Å². The Balaban J connectivity index is 0.000000150. The SMILES string of the molecule is CC(=O)c1c(-c2ccc(N3CCCCC3)cc2)n(-c2ccc(-n3c(-c4ccc(N5CCCCC5)cc4)c(C(C)=O)c4ccccc43)cc2)c2ccccc12.Nc1ccccc1S.[B].c1ccc2sc(-c3c(-c4ccc(N5CCCCC5)cc4)n(-c4ccc(-n5c(-c6ccc(N7CCCCC7)cc6)c(-c6nc7ccccc7s6)c6ccccc65)cc4)c4ccccc34)nc2c1. The minimum Gasteiger partial charge on any atom is -0.398 e. The third-order valence-corrected chi connectivity index (χ3v) is 28.9. The molecule has 637 valence electrons. The Labute approximate surface area is 769 Å². The number of carbonyl (C=O) groups is 2. The van der Waals surface area contributed by atoms with Gasteiger partial charge in [-0.1, -0.05) is 158 Å². The highest BCUT2D eigenvalue weighted by atomic mass is 32.1. The standard InChI is InChI=1S/C58H48N6S2.C48H46N4O2.C6H7NS.B/c1-11-35-61(36-12-1)41-27-23-39(24-28-41)55-53(57-59-47-17-5-9-21-51(47)65-57)45-15-3-7-19-49(45)63(55)43-31-33-44(34-32-43)64-50-20-8-4-16-46(50)54(58-60-48-18-6-10-22-52(48)66-58)56(64)40-25-29-42(30-26-40)62-37-13-2-14-38-62;1-33(53)45-41-13-5-7-15-43(41)51(47(45)35-17-21-37(22-18-35)49-29-9-3-10-30-49)39-25-27-40(28-26-39)52-44-16-8-6-14-42(44)46(34(2)54)48(52)36-19-23-38(24-20-36)50-31-11-4-12-32-50;7-5-3-1-2-4-6(5)8;/h3-10,15-34H,1-2,11-14,35-38H2;5-8,13-28H,3-4,9-12,29-32H2,1-2H3;1-4,8H,7H2;. The maximum Gasteiger partial charge on any atom is 0.162 e. The van der Waals surface area contributed by atoms with Gasteiger partial charge in [0.25, 0.3) is 0 Å². The molecule has 6 aromatic heterocycles. The van der Waals surface area contributed by atoms with E-state index in [2.05, 4.69) is 317 Å². The molecule has 2 N–H and O–H groups in total. The number of rotatable bonds is 16. The van der Waals surface area contributed by atoms with E-state index in [0.717, 1.165) is 185 Å². The van der Waals surface area contributed by atoms with Crippen LogP contribution >= 0.6 is 35.3 Å². The van der Waals surface area contributed by atoms with Crippen molar-refractivity contribution in [2.24, 2.45) is 0 Å². The number of carbonyl (C=O) groups excluding carboxylic acids is 2. The van der Waals surface area contributed by atoms with Crippen LogP contribution in [0.15, 0.2) is 320 Å². The van der Waals surface area contributed by atoms with Gasteiger partial charge in [0.05, 0.1) is 76.4 Å². The van der Waals surface area contributed by atoms with Crippen LogP contribution < -0.4 is 25.3 Å². The molecule has 0 atom stereocenters. The van der Waals surface area contributed by atoms with E-state index < -0.39 is 0 Å². The lowest BCUT2D eigenvalue weighted by molar-refractivity contribution is 0.101. The summed E-state index contributed by atoms with van der Waals surface area (Å²) >= 11 is 7.63. The van der Waals surface area contributed by atoms with Gasteiger partial charge < -0.3 is 43.6 Å². The lowest BCUT2D eigenvalue weighted by Gasteiger charge is -2.29. The molecule has 10 heterocycles. The summed E-state index contributed by atoms with van der Waals surface area (Å²) in [6.45, 7) is 12.2. The average molecular weight is 1740 g/mol. The third-order valence-electron chi connectivity index (χ3n) is 26.3. The molecule has 0 bridgehead atoms. The van der Waals surface area contributed by atoms with Crippen molar-refractivity contribution in [1.29, 1.82) is 0 Å². The second-order valence-electron chi connectivity index (χ2n) is 34.4. The van der Waals surface area contributed by atoms with Crippen LogP contribution in [0.4, 0.5) is 28.4 Å². The second kappa shape index (κ2) is 36.7. The maximum absolute atomic E-state index is 13.5. The van der Waals surface area contributed by atoms with Crippen molar-refractivity contribution in [2.45, 2.75) is 95.8 Å². The van der Waals surface area contributed by atoms with Gasteiger partial charge in [-0.2, -0.15) is 0 Å². The quantitative estimate of drug-likeness (QED) is 0.0422. The van der Waals surface area contributed by atoms with Crippen LogP contribution in [-0.2, 0) is 0 Å². The number of nitrogens with zero attached hydrogens (tertiary/aromatic N) is 10. The first-order valence-corrected chi connectivity index (χ1v) is 47.5. The molecule has 4 saturated heterocycles. The fourth-order valence-corrected chi connectivity index (χ4v) is 22.4. The van der Waals surface area contributed by atoms with Crippen molar-refractivity contribution in [3.63, 3.8) is 0 Å². The Hall–Kier alpha value is -13.4. The molecule has 13 aromatic carbocycles. The highest BCUT2D eigenvalue weighted by molar-refractivity contribution is 7.80. The fraction of sp³-hybridized carbons (Fsp3) is 0.196. The van der Waals surface area contributed by atoms with Crippen molar-refractivity contribution in [2.75, 3.05) is 77.7 Å². The summed E-state index contributed by atoms with van der Waals surface area (Å²) < 4.78 is 11.8. The zero-order valence-electron chi connectivity index (χ0n) is 72.9. The number of thiazole rings is 2. The molecule has 0 saturated carbocycles. The molecular weight excluding hydrogens is 1640 g/mol. The summed E-state index contributed by atoms with van der Waals surface area (Å²) in [5.41, 5.74) is 34.1. The van der Waals surface area contributed by atoms with Crippen LogP contribution in [-0.4, -0.2) is 101 Å². The van der Waals surface area contributed by atoms with Gasteiger partial charge >= 0.3 is 0 Å². The summed E-state index contributed by atoms with van der Waals surface area (Å²) in [5.74, 6) is 0.0893. The summed E-state index contributed by atoms with van der Waals surface area (Å²) in [5, 5.41) is 6.36. The van der Waals surface area contributed by atoms with E-state index in [1.54, 1.807) is 36.5 Å². The summed E-state index contributed by atoms with van der Waals surface area (Å²) in [4.78, 5) is 48.4. The van der Waals surface area contributed by atoms with Crippen molar-refractivity contribution in [3.8, 4) is 88.9 Å². The number of fused-ring (bicyclic) bond motifs is 6. The van der Waals surface area contributed by atoms with E-state index >= 15 is 0 Å². The van der Waals surface area contributed by atoms with E-state index in [1.165, 1.54) is 142 Å². The van der Waals surface area contributed by atoms with Crippen molar-refractivity contribution < 1.29 is 9.59 Å². The van der Waals surface area contributed by atoms with Crippen molar-refractivity contribution in [3.05, 3.63) is 327 Å². The largest absolute Gasteiger partial charge is 0.398 e. The van der Waals surface area contributed by atoms with Gasteiger partial charge in [-0.15, -0.1) is 35.3 Å². The number of para-hydroxylation sites is 7. The van der Waals surface area contributed by atoms with Gasteiger partial charge in [-0.3, -0.25) is 9.59 Å². The highest BCUT2D eigenvalue weighted by Crippen LogP contribution is 2.50. The number of Topliss-reactive ketones (excluding diaryl/α,β-unsaturated/α-hetero) is 2. The predicted molar refractivity (Wildman–Crippen MR) is 547 cm³/mol. The molecule has 3 radical (unpaired) electrons. The number of benzene rings is 13. The van der Waals surface area contributed by atoms with E-state index in [0.29, 0.717) is 0 Å². The first kappa shape index (κ1) is 83.8. The number of anilines is 5. The molecule has 4 fully saturated rings. The first-order valence-electron chi connectivity index (χ1n) is 45.5. The number of aromatic nitrogens is 6. The minimum atomic E-state index is 0. The van der Waals surface area contributed by atoms with Crippen LogP contribution in [0.5, 0.6) is 0 Å². The third kappa shape index (κ3) is 16.2. The Morgan fingerprint density at radius 2 is 0.535 bits per heavy atom.